The summed E-state index contributed by atoms with van der Waals surface area (Å²) >= 11 is 0. The van der Waals surface area contributed by atoms with Gasteiger partial charge in [-0.3, -0.25) is 10.1 Å². The van der Waals surface area contributed by atoms with Crippen molar-refractivity contribution in [2.24, 2.45) is 0 Å². The Labute approximate surface area is 301 Å². The molecule has 1 aliphatic rings. The normalized spacial score (nSPS) is 14.1. The van der Waals surface area contributed by atoms with Crippen molar-refractivity contribution in [2.75, 3.05) is 38.0 Å². The van der Waals surface area contributed by atoms with Gasteiger partial charge in [-0.2, -0.15) is 0 Å². The van der Waals surface area contributed by atoms with Gasteiger partial charge in [0.15, 0.2) is 0 Å². The fourth-order valence-corrected chi connectivity index (χ4v) is 6.36. The predicted molar refractivity (Wildman–Crippen MR) is 201 cm³/mol. The number of aromatic nitrogens is 1. The number of carbonyl (C=O) groups is 2. The summed E-state index contributed by atoms with van der Waals surface area (Å²) in [6.07, 6.45) is -0.00589. The summed E-state index contributed by atoms with van der Waals surface area (Å²) in [6.45, 7) is 3.94. The van der Waals surface area contributed by atoms with Crippen molar-refractivity contribution < 1.29 is 24.5 Å². The summed E-state index contributed by atoms with van der Waals surface area (Å²) in [4.78, 5) is 41.7. The Morgan fingerprint density at radius 1 is 0.846 bits per heavy atom. The van der Waals surface area contributed by atoms with Gasteiger partial charge in [0.05, 0.1) is 17.3 Å². The van der Waals surface area contributed by atoms with Gasteiger partial charge in [-0.1, -0.05) is 78.9 Å². The second kappa shape index (κ2) is 17.5. The molecule has 1 aromatic heterocycles. The standard InChI is InChI=1S/C40H44N6O6/c47-35-16-14-32(33-15-17-37(49)45-38(33)35)36(48)26-41-24-27-10-12-28(13-11-27)25-43-39(50)42-20-23-46-21-18-30(19-22-46)52-40(51)44-34-9-5-4-8-31(34)29-6-2-1-3-7-29/h1-17,30,36,41,47-48H,18-26H2,(H,44,51)(H,45,49)(H2,42,43,50). The van der Waals surface area contributed by atoms with Gasteiger partial charge in [0.25, 0.3) is 0 Å². The van der Waals surface area contributed by atoms with Crippen LogP contribution in [-0.2, 0) is 17.8 Å². The molecule has 52 heavy (non-hydrogen) atoms. The van der Waals surface area contributed by atoms with E-state index in [-0.39, 0.29) is 30.0 Å². The topological polar surface area (TPSA) is 168 Å². The number of benzene rings is 4. The molecule has 5 aromatic rings. The number of phenols is 1. The first-order valence-electron chi connectivity index (χ1n) is 17.5. The fourth-order valence-electron chi connectivity index (χ4n) is 6.36. The number of likely N-dealkylation sites (tertiary alicyclic amines) is 1. The van der Waals surface area contributed by atoms with Crippen LogP contribution in [0.3, 0.4) is 0 Å². The zero-order valence-electron chi connectivity index (χ0n) is 28.8. The van der Waals surface area contributed by atoms with Crippen molar-refractivity contribution in [2.45, 2.75) is 38.1 Å². The Morgan fingerprint density at radius 3 is 2.33 bits per heavy atom. The number of piperidine rings is 1. The number of aliphatic hydroxyl groups excluding tert-OH is 1. The number of rotatable bonds is 13. The second-order valence-electron chi connectivity index (χ2n) is 12.8. The van der Waals surface area contributed by atoms with Gasteiger partial charge >= 0.3 is 12.1 Å². The van der Waals surface area contributed by atoms with E-state index in [2.05, 4.69) is 31.2 Å². The van der Waals surface area contributed by atoms with Gasteiger partial charge in [-0.05, 0) is 53.3 Å². The zero-order valence-corrected chi connectivity index (χ0v) is 28.8. The summed E-state index contributed by atoms with van der Waals surface area (Å²) in [5.74, 6) is -0.0479. The molecule has 0 radical (unpaired) electrons. The number of urea groups is 1. The SMILES string of the molecule is O=C(NCCN1CCC(OC(=O)Nc2ccccc2-c2ccccc2)CC1)NCc1ccc(CNCC(O)c2ccc(O)c3[nH]c(=O)ccc23)cc1. The summed E-state index contributed by atoms with van der Waals surface area (Å²) in [5, 5.41) is 33.4. The van der Waals surface area contributed by atoms with Crippen LogP contribution in [-0.4, -0.2) is 71.0 Å². The molecule has 7 N–H and O–H groups in total. The monoisotopic (exact) mass is 704 g/mol. The van der Waals surface area contributed by atoms with E-state index in [1.54, 1.807) is 12.1 Å². The molecule has 12 heteroatoms. The number of pyridine rings is 1. The number of hydrogen-bond donors (Lipinski definition) is 7. The lowest BCUT2D eigenvalue weighted by molar-refractivity contribution is 0.0594. The van der Waals surface area contributed by atoms with Crippen molar-refractivity contribution in [3.8, 4) is 16.9 Å². The van der Waals surface area contributed by atoms with Crippen LogP contribution in [0.25, 0.3) is 22.0 Å². The van der Waals surface area contributed by atoms with Crippen molar-refractivity contribution in [1.82, 2.24) is 25.8 Å². The van der Waals surface area contributed by atoms with E-state index in [1.165, 1.54) is 12.1 Å². The van der Waals surface area contributed by atoms with Gasteiger partial charge in [0.2, 0.25) is 5.56 Å². The van der Waals surface area contributed by atoms with Crippen molar-refractivity contribution in [1.29, 1.82) is 0 Å². The summed E-state index contributed by atoms with van der Waals surface area (Å²) in [7, 11) is 0. The van der Waals surface area contributed by atoms with E-state index < -0.39 is 12.2 Å². The number of aromatic amines is 1. The number of aromatic hydroxyl groups is 1. The average molecular weight is 705 g/mol. The van der Waals surface area contributed by atoms with E-state index in [9.17, 15) is 24.6 Å². The third-order valence-corrected chi connectivity index (χ3v) is 9.18. The number of phenolic OH excluding ortho intramolecular Hbond substituents is 1. The molecule has 4 aromatic carbocycles. The van der Waals surface area contributed by atoms with Crippen molar-refractivity contribution >= 4 is 28.7 Å². The fraction of sp³-hybridized carbons (Fsp3) is 0.275. The molecule has 0 saturated carbocycles. The molecule has 1 saturated heterocycles. The molecular weight excluding hydrogens is 660 g/mol. The Balaban J connectivity index is 0.845. The maximum absolute atomic E-state index is 12.7. The molecule has 1 aliphatic heterocycles. The number of H-pyrrole nitrogens is 1. The molecule has 270 valence electrons. The lowest BCUT2D eigenvalue weighted by Gasteiger charge is -2.31. The summed E-state index contributed by atoms with van der Waals surface area (Å²) in [5.41, 5.74) is 5.22. The van der Waals surface area contributed by atoms with Crippen molar-refractivity contribution in [3.05, 3.63) is 130 Å². The molecule has 2 heterocycles. The highest BCUT2D eigenvalue weighted by molar-refractivity contribution is 5.91. The van der Waals surface area contributed by atoms with Gasteiger partial charge in [0, 0.05) is 62.8 Å². The van der Waals surface area contributed by atoms with E-state index in [0.29, 0.717) is 48.3 Å². The van der Waals surface area contributed by atoms with Gasteiger partial charge in [-0.15, -0.1) is 0 Å². The first-order valence-corrected chi connectivity index (χ1v) is 17.5. The highest BCUT2D eigenvalue weighted by Crippen LogP contribution is 2.29. The van der Waals surface area contributed by atoms with Crippen LogP contribution in [0.15, 0.2) is 108 Å². The molecule has 6 rings (SSSR count). The van der Waals surface area contributed by atoms with E-state index in [0.717, 1.165) is 48.2 Å². The third-order valence-electron chi connectivity index (χ3n) is 9.18. The van der Waals surface area contributed by atoms with Gasteiger partial charge in [-0.25, -0.2) is 9.59 Å². The number of fused-ring (bicyclic) bond motifs is 1. The minimum atomic E-state index is -0.843. The Hall–Kier alpha value is -5.69. The molecule has 0 bridgehead atoms. The van der Waals surface area contributed by atoms with Crippen molar-refractivity contribution in [3.63, 3.8) is 0 Å². The summed E-state index contributed by atoms with van der Waals surface area (Å²) < 4.78 is 5.74. The number of carbonyl (C=O) groups excluding carboxylic acids is 2. The number of nitrogens with zero attached hydrogens (tertiary/aromatic N) is 1. The number of amides is 3. The molecule has 0 spiro atoms. The van der Waals surface area contributed by atoms with E-state index in [1.807, 2.05) is 78.9 Å². The van der Waals surface area contributed by atoms with Crippen LogP contribution in [0.2, 0.25) is 0 Å². The van der Waals surface area contributed by atoms with E-state index >= 15 is 0 Å². The van der Waals surface area contributed by atoms with Crippen LogP contribution in [0.4, 0.5) is 15.3 Å². The van der Waals surface area contributed by atoms with Crippen LogP contribution < -0.4 is 26.8 Å². The number of anilines is 1. The highest BCUT2D eigenvalue weighted by atomic mass is 16.6. The molecule has 3 amide bonds. The van der Waals surface area contributed by atoms with Crippen LogP contribution in [0.1, 0.15) is 35.6 Å². The molecule has 12 nitrogen and oxygen atoms in total. The lowest BCUT2D eigenvalue weighted by Crippen LogP contribution is -2.44. The number of aliphatic hydroxyl groups is 1. The van der Waals surface area contributed by atoms with E-state index in [4.69, 9.17) is 4.74 Å². The first kappa shape index (κ1) is 36.1. The zero-order chi connectivity index (χ0) is 36.3. The third kappa shape index (κ3) is 9.75. The quantitative estimate of drug-likeness (QED) is 0.0874. The first-order chi connectivity index (χ1) is 25.3. The maximum atomic E-state index is 12.7. The second-order valence-corrected chi connectivity index (χ2v) is 12.8. The lowest BCUT2D eigenvalue weighted by atomic mass is 10.0. The molecule has 1 atom stereocenters. The summed E-state index contributed by atoms with van der Waals surface area (Å²) in [6, 6.07) is 31.2. The van der Waals surface area contributed by atoms with Crippen LogP contribution >= 0.6 is 0 Å². The Bertz CT molecular complexity index is 2010. The smallest absolute Gasteiger partial charge is 0.411 e. The van der Waals surface area contributed by atoms with Gasteiger partial charge in [0.1, 0.15) is 11.9 Å². The van der Waals surface area contributed by atoms with Crippen LogP contribution in [0.5, 0.6) is 5.75 Å². The minimum Gasteiger partial charge on any atom is -0.506 e. The molecule has 1 unspecified atom stereocenters. The maximum Gasteiger partial charge on any atom is 0.411 e. The Kier molecular flexibility index (Phi) is 12.1. The van der Waals surface area contributed by atoms with Crippen LogP contribution in [0, 0.1) is 0 Å². The largest absolute Gasteiger partial charge is 0.506 e. The highest BCUT2D eigenvalue weighted by Gasteiger charge is 2.23. The number of nitrogens with one attached hydrogen (secondary N) is 5. The molecular formula is C40H44N6O6. The number of ether oxygens (including phenoxy) is 1. The minimum absolute atomic E-state index is 0.0479. The predicted octanol–water partition coefficient (Wildman–Crippen LogP) is 5.24. The average Bonchev–Trinajstić information content (AvgIpc) is 3.16. The Morgan fingerprint density at radius 2 is 1.56 bits per heavy atom. The number of para-hydroxylation sites is 1. The molecule has 1 fully saturated rings. The number of hydrogen-bond acceptors (Lipinski definition) is 8. The van der Waals surface area contributed by atoms with Gasteiger partial charge < -0.3 is 40.8 Å². The molecule has 0 aliphatic carbocycles.